The van der Waals surface area contributed by atoms with Crippen LogP contribution < -0.4 is 27.0 Å². The molecule has 8 heteroatoms. The molecular formula is C33H51N5O3. The lowest BCUT2D eigenvalue weighted by Crippen LogP contribution is -2.56. The molecule has 0 heterocycles. The van der Waals surface area contributed by atoms with Gasteiger partial charge in [-0.05, 0) is 62.1 Å². The van der Waals surface area contributed by atoms with E-state index in [4.69, 9.17) is 5.73 Å². The van der Waals surface area contributed by atoms with E-state index in [1.165, 1.54) is 5.56 Å². The first-order valence-corrected chi connectivity index (χ1v) is 15.1. The van der Waals surface area contributed by atoms with Crippen LogP contribution in [0.1, 0.15) is 76.8 Å². The van der Waals surface area contributed by atoms with E-state index >= 15 is 0 Å². The average Bonchev–Trinajstić information content (AvgIpc) is 2.95. The summed E-state index contributed by atoms with van der Waals surface area (Å²) in [5.74, 6) is -0.344. The van der Waals surface area contributed by atoms with Crippen molar-refractivity contribution < 1.29 is 14.4 Å². The van der Waals surface area contributed by atoms with Crippen LogP contribution in [0.25, 0.3) is 0 Å². The Bertz CT molecular complexity index is 1030. The molecule has 0 aromatic heterocycles. The van der Waals surface area contributed by atoms with Gasteiger partial charge >= 0.3 is 0 Å². The van der Waals surface area contributed by atoms with E-state index in [9.17, 15) is 14.4 Å². The molecule has 2 aromatic carbocycles. The molecule has 0 bridgehead atoms. The number of hydrogen-bond donors (Lipinski definition) is 5. The predicted octanol–water partition coefficient (Wildman–Crippen LogP) is 3.66. The normalized spacial score (nSPS) is 14.1. The van der Waals surface area contributed by atoms with Crippen molar-refractivity contribution in [1.29, 1.82) is 0 Å². The fraction of sp³-hybridized carbons (Fsp3) is 0.545. The zero-order valence-corrected chi connectivity index (χ0v) is 25.3. The molecule has 2 rings (SSSR count). The molecule has 0 radical (unpaired) electrons. The minimum atomic E-state index is -0.813. The lowest BCUT2D eigenvalue weighted by atomic mass is 9.96. The third-order valence-electron chi connectivity index (χ3n) is 7.19. The van der Waals surface area contributed by atoms with Gasteiger partial charge in [-0.3, -0.25) is 14.4 Å². The summed E-state index contributed by atoms with van der Waals surface area (Å²) in [6.45, 7) is 9.51. The average molecular weight is 566 g/mol. The summed E-state index contributed by atoms with van der Waals surface area (Å²) in [4.78, 5) is 39.7. The Hall–Kier alpha value is -3.23. The van der Waals surface area contributed by atoms with Crippen LogP contribution in [-0.2, 0) is 20.8 Å². The smallest absolute Gasteiger partial charge is 0.243 e. The van der Waals surface area contributed by atoms with Gasteiger partial charge in [0.15, 0.2) is 0 Å². The van der Waals surface area contributed by atoms with Crippen LogP contribution in [0.5, 0.6) is 0 Å². The number of amides is 3. The molecule has 3 amide bonds. The topological polar surface area (TPSA) is 125 Å². The molecule has 0 aliphatic heterocycles. The monoisotopic (exact) mass is 565 g/mol. The number of rotatable bonds is 19. The number of carbonyl (C=O) groups excluding carboxylic acids is 3. The molecule has 41 heavy (non-hydrogen) atoms. The van der Waals surface area contributed by atoms with E-state index in [-0.39, 0.29) is 36.2 Å². The second-order valence-electron chi connectivity index (χ2n) is 11.3. The summed E-state index contributed by atoms with van der Waals surface area (Å²) in [5, 5.41) is 12.2. The van der Waals surface area contributed by atoms with Crippen molar-refractivity contribution in [1.82, 2.24) is 21.3 Å². The molecule has 226 valence electrons. The van der Waals surface area contributed by atoms with Crippen molar-refractivity contribution in [3.8, 4) is 0 Å². The largest absolute Gasteiger partial charge is 0.352 e. The first-order chi connectivity index (χ1) is 19.7. The van der Waals surface area contributed by atoms with E-state index in [0.29, 0.717) is 31.8 Å². The molecule has 0 saturated heterocycles. The summed E-state index contributed by atoms with van der Waals surface area (Å²) < 4.78 is 0. The quantitative estimate of drug-likeness (QED) is 0.166. The number of nitrogens with one attached hydrogen (secondary N) is 4. The highest BCUT2D eigenvalue weighted by molar-refractivity contribution is 5.92. The highest BCUT2D eigenvalue weighted by Gasteiger charge is 2.28. The number of benzene rings is 2. The summed E-state index contributed by atoms with van der Waals surface area (Å²) in [5.41, 5.74) is 7.75. The summed E-state index contributed by atoms with van der Waals surface area (Å²) in [6, 6.07) is 18.3. The summed E-state index contributed by atoms with van der Waals surface area (Å²) in [6.07, 6.45) is 4.44. The molecule has 2 aromatic rings. The SMILES string of the molecule is CCC(CNCC(=O)N[C@H](Cc1ccccc1)C(=O)N[C@H](CC(C)C)C(=O)N[C@H](C)CCCCN)c1ccccc1. The van der Waals surface area contributed by atoms with Gasteiger partial charge in [-0.25, -0.2) is 0 Å². The van der Waals surface area contributed by atoms with Crippen molar-refractivity contribution in [2.24, 2.45) is 11.7 Å². The van der Waals surface area contributed by atoms with Crippen LogP contribution >= 0.6 is 0 Å². The van der Waals surface area contributed by atoms with Crippen molar-refractivity contribution in [2.75, 3.05) is 19.6 Å². The summed E-state index contributed by atoms with van der Waals surface area (Å²) in [7, 11) is 0. The van der Waals surface area contributed by atoms with Gasteiger partial charge in [-0.1, -0.05) is 87.9 Å². The molecular weight excluding hydrogens is 514 g/mol. The third-order valence-corrected chi connectivity index (χ3v) is 7.19. The second-order valence-corrected chi connectivity index (χ2v) is 11.3. The molecule has 1 unspecified atom stereocenters. The van der Waals surface area contributed by atoms with Gasteiger partial charge in [0.05, 0.1) is 6.54 Å². The Balaban J connectivity index is 2.05. The maximum absolute atomic E-state index is 13.5. The predicted molar refractivity (Wildman–Crippen MR) is 166 cm³/mol. The van der Waals surface area contributed by atoms with Crippen molar-refractivity contribution in [3.05, 3.63) is 71.8 Å². The molecule has 0 saturated carbocycles. The van der Waals surface area contributed by atoms with E-state index in [1.54, 1.807) is 0 Å². The highest BCUT2D eigenvalue weighted by atomic mass is 16.2. The highest BCUT2D eigenvalue weighted by Crippen LogP contribution is 2.17. The summed E-state index contributed by atoms with van der Waals surface area (Å²) >= 11 is 0. The lowest BCUT2D eigenvalue weighted by Gasteiger charge is -2.26. The standard InChI is InChI=1S/C33H51N5O3/c1-5-27(28-17-10-7-11-18-28)22-35-23-31(39)37-30(21-26-15-8-6-9-16-26)33(41)38-29(20-24(2)3)32(40)36-25(4)14-12-13-19-34/h6-11,15-18,24-25,27,29-30,35H,5,12-14,19-23,34H2,1-4H3,(H,36,40)(H,37,39)(H,38,41)/t25-,27?,29-,30-/m1/s1. The minimum Gasteiger partial charge on any atom is -0.352 e. The molecule has 6 N–H and O–H groups in total. The molecule has 0 aliphatic carbocycles. The van der Waals surface area contributed by atoms with Crippen molar-refractivity contribution in [2.45, 2.75) is 90.3 Å². The maximum atomic E-state index is 13.5. The van der Waals surface area contributed by atoms with Crippen LogP contribution in [0.4, 0.5) is 0 Å². The zero-order chi connectivity index (χ0) is 30.0. The molecule has 8 nitrogen and oxygen atoms in total. The third kappa shape index (κ3) is 13.3. The zero-order valence-electron chi connectivity index (χ0n) is 25.3. The first-order valence-electron chi connectivity index (χ1n) is 15.1. The first kappa shape index (κ1) is 34.0. The fourth-order valence-electron chi connectivity index (χ4n) is 4.87. The molecule has 4 atom stereocenters. The van der Waals surface area contributed by atoms with Gasteiger partial charge in [-0.15, -0.1) is 0 Å². The Labute approximate surface area is 246 Å². The van der Waals surface area contributed by atoms with E-state index in [1.807, 2.05) is 69.3 Å². The maximum Gasteiger partial charge on any atom is 0.243 e. The second kappa shape index (κ2) is 19.0. The van der Waals surface area contributed by atoms with E-state index < -0.39 is 12.1 Å². The number of carbonyl (C=O) groups is 3. The van der Waals surface area contributed by atoms with Gasteiger partial charge < -0.3 is 27.0 Å². The van der Waals surface area contributed by atoms with Gasteiger partial charge in [0.2, 0.25) is 17.7 Å². The van der Waals surface area contributed by atoms with E-state index in [2.05, 4.69) is 40.3 Å². The number of unbranched alkanes of at least 4 members (excludes halogenated alkanes) is 1. The Morgan fingerprint density at radius 3 is 2.05 bits per heavy atom. The van der Waals surface area contributed by atoms with Gasteiger partial charge in [0.25, 0.3) is 0 Å². The van der Waals surface area contributed by atoms with Crippen LogP contribution in [0.2, 0.25) is 0 Å². The van der Waals surface area contributed by atoms with E-state index in [0.717, 1.165) is 31.2 Å². The van der Waals surface area contributed by atoms with Crippen LogP contribution in [0.15, 0.2) is 60.7 Å². The molecule has 0 spiro atoms. The molecule has 0 aliphatic rings. The van der Waals surface area contributed by atoms with Gasteiger partial charge in [0, 0.05) is 19.0 Å². The minimum absolute atomic E-state index is 0.0191. The van der Waals surface area contributed by atoms with Crippen molar-refractivity contribution in [3.63, 3.8) is 0 Å². The van der Waals surface area contributed by atoms with Crippen molar-refractivity contribution >= 4 is 17.7 Å². The number of nitrogens with two attached hydrogens (primary N) is 1. The number of hydrogen-bond acceptors (Lipinski definition) is 5. The van der Waals surface area contributed by atoms with Crippen LogP contribution in [0.3, 0.4) is 0 Å². The fourth-order valence-corrected chi connectivity index (χ4v) is 4.87. The Morgan fingerprint density at radius 2 is 1.44 bits per heavy atom. The van der Waals surface area contributed by atoms with Gasteiger partial charge in [0.1, 0.15) is 12.1 Å². The lowest BCUT2D eigenvalue weighted by molar-refractivity contribution is -0.132. The Kier molecular flexibility index (Phi) is 15.7. The van der Waals surface area contributed by atoms with Gasteiger partial charge in [-0.2, -0.15) is 0 Å². The Morgan fingerprint density at radius 1 is 0.805 bits per heavy atom. The van der Waals surface area contributed by atoms with Crippen LogP contribution in [-0.4, -0.2) is 55.5 Å². The van der Waals surface area contributed by atoms with Crippen LogP contribution in [0, 0.1) is 5.92 Å². The molecule has 0 fully saturated rings.